The number of unbranched alkanes of at least 4 members (excludes halogenated alkanes) is 1. The van der Waals surface area contributed by atoms with Crippen molar-refractivity contribution in [1.82, 2.24) is 4.90 Å². The summed E-state index contributed by atoms with van der Waals surface area (Å²) in [4.78, 5) is 15.1. The zero-order valence-corrected chi connectivity index (χ0v) is 17.2. The van der Waals surface area contributed by atoms with Gasteiger partial charge < -0.3 is 4.90 Å². The number of amides is 1. The molecule has 0 bridgehead atoms. The van der Waals surface area contributed by atoms with Crippen LogP contribution >= 0.6 is 0 Å². The van der Waals surface area contributed by atoms with Gasteiger partial charge in [0.2, 0.25) is 0 Å². The van der Waals surface area contributed by atoms with Crippen molar-refractivity contribution < 1.29 is 4.79 Å². The van der Waals surface area contributed by atoms with Crippen LogP contribution in [0.15, 0.2) is 60.2 Å². The number of nitrogens with zero attached hydrogens (tertiary/aromatic N) is 1. The topological polar surface area (TPSA) is 20.3 Å². The summed E-state index contributed by atoms with van der Waals surface area (Å²) in [6.07, 6.45) is 5.63. The molecule has 2 heteroatoms. The highest BCUT2D eigenvalue weighted by molar-refractivity contribution is 5.94. The van der Waals surface area contributed by atoms with Gasteiger partial charge in [0.15, 0.2) is 0 Å². The van der Waals surface area contributed by atoms with Crippen molar-refractivity contribution in [3.63, 3.8) is 0 Å². The molecule has 2 rings (SSSR count). The van der Waals surface area contributed by atoms with Gasteiger partial charge in [0.1, 0.15) is 0 Å². The highest BCUT2D eigenvalue weighted by atomic mass is 16.2. The molecule has 0 aromatic heterocycles. The molecule has 0 spiro atoms. The molecule has 144 valence electrons. The Morgan fingerprint density at radius 3 is 2.30 bits per heavy atom. The zero-order valence-electron chi connectivity index (χ0n) is 17.2. The van der Waals surface area contributed by atoms with Crippen LogP contribution in [0, 0.1) is 5.92 Å². The smallest absolute Gasteiger partial charge is 0.254 e. The molecule has 2 aromatic rings. The van der Waals surface area contributed by atoms with Gasteiger partial charge in [-0.05, 0) is 48.9 Å². The monoisotopic (exact) mass is 363 g/mol. The van der Waals surface area contributed by atoms with Crippen molar-refractivity contribution in [3.8, 4) is 0 Å². The third-order valence-electron chi connectivity index (χ3n) is 4.55. The van der Waals surface area contributed by atoms with E-state index in [0.717, 1.165) is 18.5 Å². The van der Waals surface area contributed by atoms with Crippen molar-refractivity contribution in [2.75, 3.05) is 13.1 Å². The van der Waals surface area contributed by atoms with Crippen LogP contribution in [0.25, 0.3) is 6.08 Å². The molecule has 0 saturated heterocycles. The lowest BCUT2D eigenvalue weighted by Gasteiger charge is -2.25. The first kappa shape index (κ1) is 21.0. The summed E-state index contributed by atoms with van der Waals surface area (Å²) in [5.74, 6) is 0.550. The molecule has 0 aliphatic heterocycles. The lowest BCUT2D eigenvalue weighted by molar-refractivity contribution is 0.0752. The summed E-state index contributed by atoms with van der Waals surface area (Å²) in [5.41, 5.74) is 4.45. The molecular weight excluding hydrogens is 330 g/mol. The highest BCUT2D eigenvalue weighted by Crippen LogP contribution is 2.14. The molecular formula is C25H33NO. The molecule has 0 fully saturated rings. The molecule has 0 saturated carbocycles. The van der Waals surface area contributed by atoms with E-state index in [2.05, 4.69) is 58.0 Å². The van der Waals surface area contributed by atoms with E-state index in [-0.39, 0.29) is 5.91 Å². The number of hydrogen-bond donors (Lipinski definition) is 0. The van der Waals surface area contributed by atoms with E-state index in [9.17, 15) is 4.79 Å². The average molecular weight is 364 g/mol. The van der Waals surface area contributed by atoms with Gasteiger partial charge in [-0.25, -0.2) is 0 Å². The highest BCUT2D eigenvalue weighted by Gasteiger charge is 2.17. The molecule has 0 aliphatic carbocycles. The Morgan fingerprint density at radius 1 is 1.04 bits per heavy atom. The molecule has 1 amide bonds. The van der Waals surface area contributed by atoms with Gasteiger partial charge in [0, 0.05) is 18.7 Å². The lowest BCUT2D eigenvalue weighted by Crippen LogP contribution is -2.35. The van der Waals surface area contributed by atoms with E-state index in [1.54, 1.807) is 0 Å². The largest absolute Gasteiger partial charge is 0.334 e. The minimum Gasteiger partial charge on any atom is -0.334 e. The number of benzene rings is 2. The Morgan fingerprint density at radius 2 is 1.70 bits per heavy atom. The van der Waals surface area contributed by atoms with Crippen molar-refractivity contribution in [1.29, 1.82) is 0 Å². The maximum Gasteiger partial charge on any atom is 0.254 e. The Labute approximate surface area is 164 Å². The summed E-state index contributed by atoms with van der Waals surface area (Å²) < 4.78 is 0. The zero-order chi connectivity index (χ0) is 19.6. The number of hydrogen-bond acceptors (Lipinski definition) is 1. The first-order valence-electron chi connectivity index (χ1n) is 10.1. The van der Waals surface area contributed by atoms with Gasteiger partial charge in [-0.3, -0.25) is 4.79 Å². The van der Waals surface area contributed by atoms with E-state index in [4.69, 9.17) is 0 Å². The van der Waals surface area contributed by atoms with Crippen LogP contribution in [0.4, 0.5) is 0 Å². The number of rotatable bonds is 9. The molecule has 2 aromatic carbocycles. The molecule has 0 atom stereocenters. The quantitative estimate of drug-likeness (QED) is 0.517. The Bertz CT molecular complexity index is 729. The maximum absolute atomic E-state index is 13.1. The van der Waals surface area contributed by atoms with Crippen molar-refractivity contribution >= 4 is 12.0 Å². The van der Waals surface area contributed by atoms with Gasteiger partial charge in [-0.15, -0.1) is 0 Å². The normalized spacial score (nSPS) is 11.7. The van der Waals surface area contributed by atoms with Crippen LogP contribution in [0.3, 0.4) is 0 Å². The third-order valence-corrected chi connectivity index (χ3v) is 4.55. The first-order valence-corrected chi connectivity index (χ1v) is 10.1. The van der Waals surface area contributed by atoms with E-state index in [1.165, 1.54) is 29.5 Å². The lowest BCUT2D eigenvalue weighted by atomic mass is 10.0. The number of carbonyl (C=O) groups excluding carboxylic acids is 1. The fourth-order valence-corrected chi connectivity index (χ4v) is 3.22. The fraction of sp³-hybridized carbons (Fsp3) is 0.400. The Kier molecular flexibility index (Phi) is 8.32. The van der Waals surface area contributed by atoms with Crippen molar-refractivity contribution in [2.24, 2.45) is 5.92 Å². The predicted molar refractivity (Wildman–Crippen MR) is 116 cm³/mol. The molecule has 27 heavy (non-hydrogen) atoms. The van der Waals surface area contributed by atoms with Gasteiger partial charge in [-0.2, -0.15) is 0 Å². The van der Waals surface area contributed by atoms with Gasteiger partial charge >= 0.3 is 0 Å². The summed E-state index contributed by atoms with van der Waals surface area (Å²) in [5, 5.41) is 0. The maximum atomic E-state index is 13.1. The third kappa shape index (κ3) is 7.05. The molecule has 0 radical (unpaired) electrons. The van der Waals surface area contributed by atoms with Gasteiger partial charge in [0.05, 0.1) is 0 Å². The Hall–Kier alpha value is -2.35. The molecule has 2 nitrogen and oxygen atoms in total. The first-order chi connectivity index (χ1) is 13.0. The second kappa shape index (κ2) is 10.7. The van der Waals surface area contributed by atoms with Crippen LogP contribution in [0.2, 0.25) is 0 Å². The second-order valence-electron chi connectivity index (χ2n) is 7.78. The van der Waals surface area contributed by atoms with Gasteiger partial charge in [-0.1, -0.05) is 81.3 Å². The number of aryl methyl sites for hydroxylation is 1. The second-order valence-corrected chi connectivity index (χ2v) is 7.78. The molecule has 0 heterocycles. The molecule has 0 N–H and O–H groups in total. The van der Waals surface area contributed by atoms with Gasteiger partial charge in [0.25, 0.3) is 5.91 Å². The standard InChI is InChI=1S/C25H33NO/c1-5-6-10-22-13-15-24(16-14-22)25(27)26(18-20(2)3)19-21(4)17-23-11-8-7-9-12-23/h7-9,11-17,20H,5-6,10,18-19H2,1-4H3. The summed E-state index contributed by atoms with van der Waals surface area (Å²) in [6, 6.07) is 18.4. The predicted octanol–water partition coefficient (Wildman–Crippen LogP) is 6.23. The van der Waals surface area contributed by atoms with Crippen LogP contribution in [-0.4, -0.2) is 23.9 Å². The minimum atomic E-state index is 0.117. The Balaban J connectivity index is 2.12. The minimum absolute atomic E-state index is 0.117. The van der Waals surface area contributed by atoms with Crippen LogP contribution in [0.1, 0.15) is 62.0 Å². The fourth-order valence-electron chi connectivity index (χ4n) is 3.22. The molecule has 0 aliphatic rings. The van der Waals surface area contributed by atoms with E-state index < -0.39 is 0 Å². The summed E-state index contributed by atoms with van der Waals surface area (Å²) >= 11 is 0. The van der Waals surface area contributed by atoms with Crippen LogP contribution in [0.5, 0.6) is 0 Å². The molecule has 0 unspecified atom stereocenters. The van der Waals surface area contributed by atoms with Crippen LogP contribution < -0.4 is 0 Å². The summed E-state index contributed by atoms with van der Waals surface area (Å²) in [7, 11) is 0. The van der Waals surface area contributed by atoms with E-state index in [1.807, 2.05) is 35.2 Å². The SMILES string of the molecule is CCCCc1ccc(C(=O)N(CC(C)=Cc2ccccc2)CC(C)C)cc1. The van der Waals surface area contributed by atoms with E-state index >= 15 is 0 Å². The van der Waals surface area contributed by atoms with Crippen LogP contribution in [-0.2, 0) is 6.42 Å². The summed E-state index contributed by atoms with van der Waals surface area (Å²) in [6.45, 7) is 10.0. The number of carbonyl (C=O) groups is 1. The van der Waals surface area contributed by atoms with Crippen molar-refractivity contribution in [2.45, 2.75) is 47.0 Å². The van der Waals surface area contributed by atoms with E-state index in [0.29, 0.717) is 12.5 Å². The average Bonchev–Trinajstić information content (AvgIpc) is 2.66. The van der Waals surface area contributed by atoms with Crippen molar-refractivity contribution in [3.05, 3.63) is 76.9 Å².